The monoisotopic (exact) mass is 1770 g/mol. The molecular weight excluding hydrogens is 1710 g/mol. The third kappa shape index (κ3) is 18.2. The number of hydrogen-bond acceptors (Lipinski definition) is 21. The number of fused-ring (bicyclic) bond motifs is 17. The van der Waals surface area contributed by atoms with Crippen LogP contribution in [-0.4, -0.2) is 127 Å². The van der Waals surface area contributed by atoms with Gasteiger partial charge in [0.15, 0.2) is 12.6 Å². The zero-order chi connectivity index (χ0) is 84.4. The standard InChI is InChI=1S/C23H21BN4O2.C17H10Cl2N4.C17H9ClN4.C11H7ClN2O.C6H4BrNO.C6H5ClN4.C5H5BClNO2/c1-22(2)23(3,4)30-24(29-22)14-7-8-18-17(12-14)27-21-16-6-5-10-26-20(16)15-9-11-25-13-19(15)28(18)21;18-10-3-4-14-15(8-10)23-17(22-14)12-2-1-6-21-16(12)11-5-7-20-9-13(11)19;18-10-3-4-14-13(8-10)21-17-12-2-1-6-20-16(12)11-5-7-19-9-15(11)22(14)17;12-10-6-13-5-3-9(10)11-8(7-15)2-1-4-14-11;7-6-5(4-9)2-1-3-8-6;7-4-1-2-6(10-11-9)5(8)3-4;7-5-3-8-2-1-4(5)6(9)10/h5-13H,1-4H3;1-9H,(H,22,23);1-9H;1-7H;1-4H;1-3H,8H2;1-3,9-10H. The minimum absolute atomic E-state index is 0.262. The third-order valence-electron chi connectivity index (χ3n) is 19.2. The van der Waals surface area contributed by atoms with Crippen molar-refractivity contribution in [2.45, 2.75) is 38.9 Å². The summed E-state index contributed by atoms with van der Waals surface area (Å²) < 4.78 is 17.4. The molecule has 0 unspecified atom stereocenters. The van der Waals surface area contributed by atoms with Gasteiger partial charge >= 0.3 is 14.2 Å². The fourth-order valence-corrected chi connectivity index (χ4v) is 14.3. The van der Waals surface area contributed by atoms with Gasteiger partial charge in [-0.2, -0.15) is 0 Å². The maximum absolute atomic E-state index is 10.8. The second kappa shape index (κ2) is 37.2. The summed E-state index contributed by atoms with van der Waals surface area (Å²) in [6.07, 6.45) is 26.7. The number of benzene rings is 4. The van der Waals surface area contributed by atoms with Crippen molar-refractivity contribution in [3.05, 3.63) is 313 Å². The number of carbonyl (C=O) groups is 2. The van der Waals surface area contributed by atoms with Crippen LogP contribution < -0.4 is 16.7 Å². The number of anilines is 1. The summed E-state index contributed by atoms with van der Waals surface area (Å²) in [5, 5.41) is 28.0. The number of nitrogens with zero attached hydrogens (tertiary/aromatic N) is 18. The van der Waals surface area contributed by atoms with E-state index in [4.69, 9.17) is 110 Å². The Kier molecular flexibility index (Phi) is 26.0. The summed E-state index contributed by atoms with van der Waals surface area (Å²) in [4.78, 5) is 83.0. The Bertz CT molecular complexity index is 7120. The lowest BCUT2D eigenvalue weighted by Crippen LogP contribution is -2.41. The number of imidazole rings is 3. The summed E-state index contributed by atoms with van der Waals surface area (Å²) in [6.45, 7) is 8.26. The maximum atomic E-state index is 10.8. The maximum Gasteiger partial charge on any atom is 0.494 e. The number of hydrogen-bond donors (Lipinski definition) is 4. The normalized spacial score (nSPS) is 12.4. The molecular formula is C85H61B2BrCl6N20O6. The van der Waals surface area contributed by atoms with Crippen molar-refractivity contribution in [2.24, 2.45) is 5.11 Å². The van der Waals surface area contributed by atoms with Crippen LogP contribution in [0.15, 0.2) is 266 Å². The van der Waals surface area contributed by atoms with Crippen LogP contribution in [0.4, 0.5) is 11.4 Å². The van der Waals surface area contributed by atoms with E-state index in [-0.39, 0.29) is 21.7 Å². The molecule has 0 bridgehead atoms. The molecule has 5 N–H and O–H groups in total. The molecule has 4 aromatic carbocycles. The molecule has 120 heavy (non-hydrogen) atoms. The lowest BCUT2D eigenvalue weighted by molar-refractivity contribution is 0.00578. The molecule has 1 fully saturated rings. The number of nitrogens with two attached hydrogens (primary N) is 1. The summed E-state index contributed by atoms with van der Waals surface area (Å²) >= 11 is 38.6. The predicted molar refractivity (Wildman–Crippen MR) is 479 cm³/mol. The topological polar surface area (TPSA) is 360 Å². The van der Waals surface area contributed by atoms with Crippen LogP contribution in [0, 0.1) is 0 Å². The van der Waals surface area contributed by atoms with E-state index in [1.54, 1.807) is 98.2 Å². The van der Waals surface area contributed by atoms with Crippen LogP contribution in [0.2, 0.25) is 30.1 Å². The molecule has 19 aromatic rings. The molecule has 0 aliphatic carbocycles. The van der Waals surface area contributed by atoms with Crippen LogP contribution in [0.5, 0.6) is 0 Å². The highest BCUT2D eigenvalue weighted by molar-refractivity contribution is 9.10. The van der Waals surface area contributed by atoms with E-state index in [9.17, 15) is 9.59 Å². The molecule has 35 heteroatoms. The number of pyridine rings is 12. The summed E-state index contributed by atoms with van der Waals surface area (Å²) in [5.74, 6) is 0.721. The van der Waals surface area contributed by atoms with Crippen LogP contribution in [0.3, 0.4) is 0 Å². The van der Waals surface area contributed by atoms with Gasteiger partial charge in [-0.05, 0) is 212 Å². The Morgan fingerprint density at radius 1 is 0.500 bits per heavy atom. The van der Waals surface area contributed by atoms with Crippen molar-refractivity contribution in [3.63, 3.8) is 0 Å². The van der Waals surface area contributed by atoms with Crippen LogP contribution in [0.1, 0.15) is 48.4 Å². The molecule has 16 heterocycles. The Morgan fingerprint density at radius 2 is 0.992 bits per heavy atom. The number of azide groups is 1. The largest absolute Gasteiger partial charge is 0.494 e. The van der Waals surface area contributed by atoms with E-state index < -0.39 is 14.2 Å². The number of aromatic nitrogens is 16. The molecule has 0 amide bonds. The molecule has 1 aliphatic heterocycles. The minimum Gasteiger partial charge on any atom is -0.423 e. The first-order chi connectivity index (χ1) is 58.0. The van der Waals surface area contributed by atoms with Crippen molar-refractivity contribution in [2.75, 3.05) is 5.73 Å². The first-order valence-electron chi connectivity index (χ1n) is 36.2. The number of H-pyrrole nitrogens is 1. The second-order valence-corrected chi connectivity index (χ2v) is 30.5. The zero-order valence-corrected chi connectivity index (χ0v) is 69.5. The van der Waals surface area contributed by atoms with Gasteiger partial charge in [-0.3, -0.25) is 63.2 Å². The lowest BCUT2D eigenvalue weighted by atomic mass is 9.79. The van der Waals surface area contributed by atoms with Gasteiger partial charge in [0.25, 0.3) is 0 Å². The number of rotatable bonds is 8. The fourth-order valence-electron chi connectivity index (χ4n) is 12.8. The number of aromatic amines is 1. The highest BCUT2D eigenvalue weighted by Crippen LogP contribution is 2.39. The van der Waals surface area contributed by atoms with Crippen LogP contribution in [-0.2, 0) is 9.31 Å². The number of halogens is 7. The van der Waals surface area contributed by atoms with Gasteiger partial charge in [0.2, 0.25) is 0 Å². The molecule has 0 spiro atoms. The van der Waals surface area contributed by atoms with E-state index in [0.29, 0.717) is 57.9 Å². The van der Waals surface area contributed by atoms with Crippen molar-refractivity contribution < 1.29 is 28.9 Å². The molecule has 15 aromatic heterocycles. The number of nitrogens with one attached hydrogen (secondary N) is 1. The quantitative estimate of drug-likeness (QED) is 0.0160. The van der Waals surface area contributed by atoms with Gasteiger partial charge in [-0.15, -0.1) is 0 Å². The lowest BCUT2D eigenvalue weighted by Gasteiger charge is -2.32. The molecule has 26 nitrogen and oxygen atoms in total. The van der Waals surface area contributed by atoms with E-state index in [1.165, 1.54) is 30.7 Å². The molecule has 1 saturated heterocycles. The number of aldehydes is 2. The average Bonchev–Trinajstić information content (AvgIpc) is 1.57. The van der Waals surface area contributed by atoms with Crippen LogP contribution >= 0.6 is 85.5 Å². The van der Waals surface area contributed by atoms with Crippen molar-refractivity contribution in [3.8, 4) is 33.9 Å². The minimum atomic E-state index is -1.52. The molecule has 0 radical (unpaired) electrons. The van der Waals surface area contributed by atoms with Gasteiger partial charge < -0.3 is 30.1 Å². The van der Waals surface area contributed by atoms with Gasteiger partial charge in [-0.25, -0.2) is 19.9 Å². The van der Waals surface area contributed by atoms with Gasteiger partial charge in [-0.1, -0.05) is 80.8 Å². The zero-order valence-electron chi connectivity index (χ0n) is 63.4. The van der Waals surface area contributed by atoms with E-state index in [0.717, 1.165) is 134 Å². The molecule has 1 aliphatic rings. The fraction of sp³-hybridized carbons (Fsp3) is 0.0706. The Morgan fingerprint density at radius 3 is 1.55 bits per heavy atom. The Balaban J connectivity index is 0.000000119. The van der Waals surface area contributed by atoms with E-state index in [2.05, 4.69) is 147 Å². The summed E-state index contributed by atoms with van der Waals surface area (Å²) in [6, 6.07) is 49.9. The number of carbonyl (C=O) groups excluding carboxylic acids is 2. The first kappa shape index (κ1) is 83.9. The SMILES string of the molecule is CC1(C)OB(c2ccc3c(c2)nc2c4cccnc4c4ccncc4n32)OC1(C)C.Clc1ccc2c(c1)nc1c3cccnc3c3ccncc3n21.Clc1ccc2nc(-c3cccnc3-c3ccncc3Cl)[nH]c2c1.O=Cc1cccnc1-c1ccncc1Cl.O=Cc1cccnc1Br.OB(O)c1ccncc1Cl.[N-]=[N+]=Nc1ccc(Cl)cc1N. The van der Waals surface area contributed by atoms with Crippen molar-refractivity contribution in [1.29, 1.82) is 0 Å². The predicted octanol–water partition coefficient (Wildman–Crippen LogP) is 19.7. The van der Waals surface area contributed by atoms with Gasteiger partial charge in [0.05, 0.1) is 111 Å². The average molecular weight is 1770 g/mol. The van der Waals surface area contributed by atoms with E-state index in [1.807, 2.05) is 104 Å². The van der Waals surface area contributed by atoms with Gasteiger partial charge in [0, 0.05) is 161 Å². The summed E-state index contributed by atoms with van der Waals surface area (Å²) in [7, 11) is -1.93. The Hall–Kier alpha value is -12.6. The van der Waals surface area contributed by atoms with Crippen LogP contribution in [0.25, 0.3) is 132 Å². The molecule has 592 valence electrons. The molecule has 0 saturated carbocycles. The molecule has 20 rings (SSSR count). The van der Waals surface area contributed by atoms with Crippen molar-refractivity contribution in [1.82, 2.24) is 78.6 Å². The van der Waals surface area contributed by atoms with Crippen molar-refractivity contribution >= 4 is 223 Å². The third-order valence-corrected chi connectivity index (χ3v) is 21.5. The number of nitrogen functional groups attached to an aromatic ring is 1. The Labute approximate surface area is 721 Å². The highest BCUT2D eigenvalue weighted by atomic mass is 79.9. The summed E-state index contributed by atoms with van der Waals surface area (Å²) in [5.41, 5.74) is 30.8. The molecule has 0 atom stereocenters. The van der Waals surface area contributed by atoms with Gasteiger partial charge in [0.1, 0.15) is 21.7 Å². The smallest absolute Gasteiger partial charge is 0.423 e. The second-order valence-electron chi connectivity index (χ2n) is 27.2. The highest BCUT2D eigenvalue weighted by Gasteiger charge is 2.52. The first-order valence-corrected chi connectivity index (χ1v) is 39.3. The van der Waals surface area contributed by atoms with E-state index >= 15 is 0 Å².